The Bertz CT molecular complexity index is 712. The van der Waals surface area contributed by atoms with Crippen molar-refractivity contribution in [1.29, 1.82) is 0 Å². The Kier molecular flexibility index (Phi) is 6.01. The van der Waals surface area contributed by atoms with E-state index in [4.69, 9.17) is 33.3 Å². The van der Waals surface area contributed by atoms with Gasteiger partial charge in [0.05, 0.1) is 19.9 Å². The first-order valence-corrected chi connectivity index (χ1v) is 7.53. The van der Waals surface area contributed by atoms with Gasteiger partial charge in [-0.3, -0.25) is 0 Å². The van der Waals surface area contributed by atoms with E-state index in [9.17, 15) is 4.39 Å². The second-order valence-electron chi connectivity index (χ2n) is 4.61. The van der Waals surface area contributed by atoms with Crippen LogP contribution in [0.2, 0.25) is 5.02 Å². The molecule has 0 radical (unpaired) electrons. The van der Waals surface area contributed by atoms with Crippen LogP contribution in [0, 0.1) is 5.82 Å². The van der Waals surface area contributed by atoms with Crippen LogP contribution in [0.4, 0.5) is 10.1 Å². The molecule has 0 amide bonds. The first-order chi connectivity index (χ1) is 11.0. The van der Waals surface area contributed by atoms with E-state index in [1.807, 2.05) is 0 Å². The van der Waals surface area contributed by atoms with Crippen molar-refractivity contribution in [2.75, 3.05) is 19.5 Å². The molecule has 2 rings (SSSR count). The fraction of sp³-hybridized carbons (Fsp3) is 0.188. The molecular formula is C16H16ClFN2O2S. The average Bonchev–Trinajstić information content (AvgIpc) is 2.54. The van der Waals surface area contributed by atoms with Gasteiger partial charge in [-0.25, -0.2) is 4.39 Å². The summed E-state index contributed by atoms with van der Waals surface area (Å²) in [5, 5.41) is 6.78. The second kappa shape index (κ2) is 7.99. The molecule has 2 aromatic carbocycles. The number of hydrogen-bond acceptors (Lipinski definition) is 3. The Balaban J connectivity index is 2.02. The molecular weight excluding hydrogens is 339 g/mol. The summed E-state index contributed by atoms with van der Waals surface area (Å²) in [5.74, 6) is 0.938. The van der Waals surface area contributed by atoms with Gasteiger partial charge in [0.25, 0.3) is 0 Å². The molecule has 7 heteroatoms. The van der Waals surface area contributed by atoms with Crippen LogP contribution in [0.5, 0.6) is 11.5 Å². The Morgan fingerprint density at radius 2 is 1.96 bits per heavy atom. The van der Waals surface area contributed by atoms with Crippen molar-refractivity contribution in [3.8, 4) is 11.5 Å². The van der Waals surface area contributed by atoms with E-state index in [1.165, 1.54) is 12.1 Å². The number of anilines is 1. The lowest BCUT2D eigenvalue weighted by molar-refractivity contribution is 0.405. The highest BCUT2D eigenvalue weighted by Crippen LogP contribution is 2.28. The van der Waals surface area contributed by atoms with Crippen LogP contribution in [0.3, 0.4) is 0 Å². The van der Waals surface area contributed by atoms with Gasteiger partial charge < -0.3 is 20.1 Å². The number of rotatable bonds is 5. The Morgan fingerprint density at radius 3 is 2.61 bits per heavy atom. The molecule has 2 N–H and O–H groups in total. The van der Waals surface area contributed by atoms with Crippen molar-refractivity contribution >= 4 is 34.6 Å². The predicted octanol–water partition coefficient (Wildman–Crippen LogP) is 3.98. The van der Waals surface area contributed by atoms with E-state index in [0.29, 0.717) is 33.9 Å². The summed E-state index contributed by atoms with van der Waals surface area (Å²) in [6.07, 6.45) is 0. The monoisotopic (exact) mass is 354 g/mol. The van der Waals surface area contributed by atoms with Gasteiger partial charge in [-0.15, -0.1) is 0 Å². The summed E-state index contributed by atoms with van der Waals surface area (Å²) in [7, 11) is 3.15. The highest BCUT2D eigenvalue weighted by Gasteiger charge is 2.08. The number of nitrogens with one attached hydrogen (secondary N) is 2. The molecule has 0 aliphatic carbocycles. The number of halogens is 2. The fourth-order valence-electron chi connectivity index (χ4n) is 1.92. The van der Waals surface area contributed by atoms with Crippen molar-refractivity contribution in [3.63, 3.8) is 0 Å². The van der Waals surface area contributed by atoms with Crippen LogP contribution in [0.15, 0.2) is 36.4 Å². The van der Waals surface area contributed by atoms with Gasteiger partial charge in [0.15, 0.2) is 5.11 Å². The summed E-state index contributed by atoms with van der Waals surface area (Å²) in [6, 6.07) is 9.57. The molecule has 4 nitrogen and oxygen atoms in total. The summed E-state index contributed by atoms with van der Waals surface area (Å²) in [5.41, 5.74) is 1.42. The van der Waals surface area contributed by atoms with E-state index in [-0.39, 0.29) is 5.82 Å². The largest absolute Gasteiger partial charge is 0.497 e. The van der Waals surface area contributed by atoms with Crippen LogP contribution in [-0.4, -0.2) is 19.3 Å². The maximum atomic E-state index is 13.0. The lowest BCUT2D eigenvalue weighted by Crippen LogP contribution is -2.28. The first-order valence-electron chi connectivity index (χ1n) is 6.74. The van der Waals surface area contributed by atoms with E-state index in [2.05, 4.69) is 10.6 Å². The van der Waals surface area contributed by atoms with Gasteiger partial charge in [-0.2, -0.15) is 0 Å². The third-order valence-corrected chi connectivity index (χ3v) is 3.71. The van der Waals surface area contributed by atoms with Gasteiger partial charge in [-0.1, -0.05) is 17.7 Å². The van der Waals surface area contributed by atoms with E-state index in [1.54, 1.807) is 38.5 Å². The zero-order chi connectivity index (χ0) is 16.8. The van der Waals surface area contributed by atoms with Gasteiger partial charge in [0.2, 0.25) is 0 Å². The molecule has 23 heavy (non-hydrogen) atoms. The highest BCUT2D eigenvalue weighted by atomic mass is 35.5. The van der Waals surface area contributed by atoms with E-state index in [0.717, 1.165) is 5.56 Å². The SMILES string of the molecule is COc1ccc(OC)c(NC(=S)NCc2ccc(F)cc2Cl)c1. The number of hydrogen-bond donors (Lipinski definition) is 2. The lowest BCUT2D eigenvalue weighted by atomic mass is 10.2. The first kappa shape index (κ1) is 17.3. The quantitative estimate of drug-likeness (QED) is 0.795. The van der Waals surface area contributed by atoms with Crippen molar-refractivity contribution < 1.29 is 13.9 Å². The summed E-state index contributed by atoms with van der Waals surface area (Å²) < 4.78 is 23.5. The molecule has 2 aromatic rings. The number of benzene rings is 2. The molecule has 0 aromatic heterocycles. The minimum absolute atomic E-state index is 0.347. The van der Waals surface area contributed by atoms with Gasteiger partial charge in [-0.05, 0) is 42.0 Å². The van der Waals surface area contributed by atoms with E-state index >= 15 is 0 Å². The molecule has 0 saturated carbocycles. The Labute approximate surface area is 144 Å². The minimum Gasteiger partial charge on any atom is -0.497 e. The molecule has 0 bridgehead atoms. The smallest absolute Gasteiger partial charge is 0.171 e. The molecule has 0 aliphatic rings. The van der Waals surface area contributed by atoms with E-state index < -0.39 is 0 Å². The molecule has 0 spiro atoms. The summed E-state index contributed by atoms with van der Waals surface area (Å²) in [4.78, 5) is 0. The fourth-order valence-corrected chi connectivity index (χ4v) is 2.33. The Hall–Kier alpha value is -2.05. The van der Waals surface area contributed by atoms with Crippen LogP contribution >= 0.6 is 23.8 Å². The maximum Gasteiger partial charge on any atom is 0.171 e. The third-order valence-electron chi connectivity index (χ3n) is 3.11. The van der Waals surface area contributed by atoms with Gasteiger partial charge in [0, 0.05) is 17.6 Å². The zero-order valence-corrected chi connectivity index (χ0v) is 14.2. The van der Waals surface area contributed by atoms with Crippen molar-refractivity contribution in [3.05, 3.63) is 52.8 Å². The Morgan fingerprint density at radius 1 is 1.17 bits per heavy atom. The van der Waals surface area contributed by atoms with Crippen LogP contribution < -0.4 is 20.1 Å². The molecule has 0 heterocycles. The lowest BCUT2D eigenvalue weighted by Gasteiger charge is -2.15. The molecule has 122 valence electrons. The zero-order valence-electron chi connectivity index (χ0n) is 12.7. The number of methoxy groups -OCH3 is 2. The topological polar surface area (TPSA) is 42.5 Å². The molecule has 0 saturated heterocycles. The van der Waals surface area contributed by atoms with Crippen molar-refractivity contribution in [2.45, 2.75) is 6.54 Å². The van der Waals surface area contributed by atoms with Crippen LogP contribution in [-0.2, 0) is 6.54 Å². The van der Waals surface area contributed by atoms with Gasteiger partial charge >= 0.3 is 0 Å². The standard InChI is InChI=1S/C16H16ClFN2O2S/c1-21-12-5-6-15(22-2)14(8-12)20-16(23)19-9-10-3-4-11(18)7-13(10)17/h3-8H,9H2,1-2H3,(H2,19,20,23). The molecule has 0 unspecified atom stereocenters. The second-order valence-corrected chi connectivity index (χ2v) is 5.43. The van der Waals surface area contributed by atoms with Crippen molar-refractivity contribution in [2.24, 2.45) is 0 Å². The number of ether oxygens (including phenoxy) is 2. The maximum absolute atomic E-state index is 13.0. The minimum atomic E-state index is -0.374. The predicted molar refractivity (Wildman–Crippen MR) is 94.0 cm³/mol. The normalized spacial score (nSPS) is 10.1. The van der Waals surface area contributed by atoms with Gasteiger partial charge in [0.1, 0.15) is 17.3 Å². The van der Waals surface area contributed by atoms with Crippen molar-refractivity contribution in [1.82, 2.24) is 5.32 Å². The highest BCUT2D eigenvalue weighted by molar-refractivity contribution is 7.80. The molecule has 0 fully saturated rings. The number of thiocarbonyl (C=S) groups is 1. The van der Waals surface area contributed by atoms with Crippen LogP contribution in [0.25, 0.3) is 0 Å². The molecule has 0 atom stereocenters. The molecule has 0 aliphatic heterocycles. The average molecular weight is 355 g/mol. The van der Waals surface area contributed by atoms with Crippen LogP contribution in [0.1, 0.15) is 5.56 Å². The summed E-state index contributed by atoms with van der Waals surface area (Å²) in [6.45, 7) is 0.372. The summed E-state index contributed by atoms with van der Waals surface area (Å²) >= 11 is 11.2. The third kappa shape index (κ3) is 4.71.